The maximum absolute atomic E-state index is 13.0. The molecule has 1 amide bonds. The maximum atomic E-state index is 13.0. The van der Waals surface area contributed by atoms with Crippen LogP contribution in [0, 0.1) is 5.92 Å². The fourth-order valence-electron chi connectivity index (χ4n) is 3.38. The number of fused-ring (bicyclic) bond motifs is 1. The van der Waals surface area contributed by atoms with E-state index in [1.54, 1.807) is 18.4 Å². The fourth-order valence-corrected chi connectivity index (χ4v) is 4.40. The van der Waals surface area contributed by atoms with Gasteiger partial charge in [-0.25, -0.2) is 4.98 Å². The molecule has 0 bridgehead atoms. The van der Waals surface area contributed by atoms with E-state index >= 15 is 0 Å². The number of methoxy groups -OCH3 is 1. The number of ether oxygens (including phenoxy) is 2. The highest BCUT2D eigenvalue weighted by Gasteiger charge is 2.32. The second-order valence-corrected chi connectivity index (χ2v) is 7.91. The molecule has 2 heterocycles. The van der Waals surface area contributed by atoms with Gasteiger partial charge in [0, 0.05) is 32.1 Å². The van der Waals surface area contributed by atoms with Gasteiger partial charge >= 0.3 is 0 Å². The molecule has 4 rings (SSSR count). The van der Waals surface area contributed by atoms with Gasteiger partial charge in [-0.05, 0) is 31.0 Å². The average Bonchev–Trinajstić information content (AvgIpc) is 3.04. The van der Waals surface area contributed by atoms with Gasteiger partial charge in [-0.15, -0.1) is 0 Å². The first-order valence-electron chi connectivity index (χ1n) is 9.30. The summed E-state index contributed by atoms with van der Waals surface area (Å²) < 4.78 is 11.8. The zero-order valence-corrected chi connectivity index (χ0v) is 16.0. The Morgan fingerprint density at radius 1 is 1.38 bits per heavy atom. The van der Waals surface area contributed by atoms with Crippen LogP contribution in [-0.2, 0) is 9.53 Å². The molecule has 1 aliphatic carbocycles. The summed E-state index contributed by atoms with van der Waals surface area (Å²) in [6.07, 6.45) is 3.17. The topological polar surface area (TPSA) is 54.9 Å². The van der Waals surface area contributed by atoms with Crippen molar-refractivity contribution in [2.75, 3.05) is 51.4 Å². The standard InChI is InChI=1S/C19H25N3O3S/c1-24-15-5-6-16-17(13-15)26-19(20-16)22(18(23)14-3-2-4-14)8-7-21-9-11-25-12-10-21/h5-6,13-14H,2-4,7-12H2,1H3. The van der Waals surface area contributed by atoms with Crippen LogP contribution in [-0.4, -0.2) is 62.3 Å². The molecule has 0 N–H and O–H groups in total. The first-order chi connectivity index (χ1) is 12.7. The highest BCUT2D eigenvalue weighted by Crippen LogP contribution is 2.35. The molecule has 1 saturated carbocycles. The van der Waals surface area contributed by atoms with Crippen molar-refractivity contribution in [2.24, 2.45) is 5.92 Å². The van der Waals surface area contributed by atoms with E-state index in [0.717, 1.165) is 73.2 Å². The highest BCUT2D eigenvalue weighted by molar-refractivity contribution is 7.22. The number of carbonyl (C=O) groups is 1. The lowest BCUT2D eigenvalue weighted by Gasteiger charge is -2.33. The molecule has 0 atom stereocenters. The van der Waals surface area contributed by atoms with E-state index in [1.807, 2.05) is 23.1 Å². The van der Waals surface area contributed by atoms with Crippen molar-refractivity contribution >= 4 is 32.6 Å². The summed E-state index contributed by atoms with van der Waals surface area (Å²) in [5, 5.41) is 0.804. The van der Waals surface area contributed by atoms with E-state index < -0.39 is 0 Å². The van der Waals surface area contributed by atoms with Gasteiger partial charge in [0.2, 0.25) is 5.91 Å². The van der Waals surface area contributed by atoms with Crippen molar-refractivity contribution in [1.29, 1.82) is 0 Å². The van der Waals surface area contributed by atoms with Crippen LogP contribution in [0.25, 0.3) is 10.2 Å². The van der Waals surface area contributed by atoms with E-state index in [4.69, 9.17) is 14.5 Å². The Balaban J connectivity index is 1.55. The summed E-state index contributed by atoms with van der Waals surface area (Å²) in [5.41, 5.74) is 0.920. The van der Waals surface area contributed by atoms with Gasteiger partial charge in [-0.2, -0.15) is 0 Å². The number of hydrogen-bond donors (Lipinski definition) is 0. The van der Waals surface area contributed by atoms with Crippen LogP contribution in [0.15, 0.2) is 18.2 Å². The maximum Gasteiger partial charge on any atom is 0.231 e. The van der Waals surface area contributed by atoms with Crippen LogP contribution in [0.1, 0.15) is 19.3 Å². The molecule has 26 heavy (non-hydrogen) atoms. The first-order valence-corrected chi connectivity index (χ1v) is 10.1. The average molecular weight is 375 g/mol. The number of hydrogen-bond acceptors (Lipinski definition) is 6. The number of carbonyl (C=O) groups excluding carboxylic acids is 1. The number of thiazole rings is 1. The zero-order valence-electron chi connectivity index (χ0n) is 15.1. The minimum atomic E-state index is 0.168. The molecule has 1 aliphatic heterocycles. The minimum absolute atomic E-state index is 0.168. The fraction of sp³-hybridized carbons (Fsp3) is 0.579. The molecule has 1 aromatic carbocycles. The SMILES string of the molecule is COc1ccc2nc(N(CCN3CCOCC3)C(=O)C3CCC3)sc2c1. The van der Waals surface area contributed by atoms with Crippen LogP contribution in [0.2, 0.25) is 0 Å². The lowest BCUT2D eigenvalue weighted by molar-refractivity contribution is -0.124. The third-order valence-electron chi connectivity index (χ3n) is 5.28. The van der Waals surface area contributed by atoms with Gasteiger partial charge in [0.25, 0.3) is 0 Å². The summed E-state index contributed by atoms with van der Waals surface area (Å²) in [6, 6.07) is 5.87. The van der Waals surface area contributed by atoms with Crippen molar-refractivity contribution < 1.29 is 14.3 Å². The molecule has 2 aliphatic rings. The largest absolute Gasteiger partial charge is 0.497 e. The summed E-state index contributed by atoms with van der Waals surface area (Å²) in [4.78, 5) is 22.0. The monoisotopic (exact) mass is 375 g/mol. The van der Waals surface area contributed by atoms with Gasteiger partial charge in [0.05, 0.1) is 30.5 Å². The first kappa shape index (κ1) is 17.7. The summed E-state index contributed by atoms with van der Waals surface area (Å²) in [7, 11) is 1.66. The third-order valence-corrected chi connectivity index (χ3v) is 6.32. The van der Waals surface area contributed by atoms with Gasteiger partial charge in [0.15, 0.2) is 5.13 Å². The Kier molecular flexibility index (Phi) is 5.38. The Morgan fingerprint density at radius 2 is 2.19 bits per heavy atom. The molecule has 0 spiro atoms. The van der Waals surface area contributed by atoms with Crippen LogP contribution in [0.5, 0.6) is 5.75 Å². The van der Waals surface area contributed by atoms with Crippen molar-refractivity contribution in [3.8, 4) is 5.75 Å². The number of anilines is 1. The molecule has 7 heteroatoms. The predicted molar refractivity (Wildman–Crippen MR) is 103 cm³/mol. The van der Waals surface area contributed by atoms with E-state index in [0.29, 0.717) is 6.54 Å². The molecule has 140 valence electrons. The lowest BCUT2D eigenvalue weighted by atomic mass is 9.84. The van der Waals surface area contributed by atoms with E-state index in [1.165, 1.54) is 0 Å². The number of morpholine rings is 1. The van der Waals surface area contributed by atoms with E-state index in [2.05, 4.69) is 4.90 Å². The van der Waals surface area contributed by atoms with Crippen LogP contribution >= 0.6 is 11.3 Å². The summed E-state index contributed by atoms with van der Waals surface area (Å²) in [5.74, 6) is 1.22. The predicted octanol–water partition coefficient (Wildman–Crippen LogP) is 2.77. The van der Waals surface area contributed by atoms with Crippen LogP contribution in [0.3, 0.4) is 0 Å². The molecule has 0 unspecified atom stereocenters. The van der Waals surface area contributed by atoms with Gasteiger partial charge in [-0.1, -0.05) is 17.8 Å². The quantitative estimate of drug-likeness (QED) is 0.777. The summed E-state index contributed by atoms with van der Waals surface area (Å²) >= 11 is 1.57. The Hall–Kier alpha value is -1.70. The summed E-state index contributed by atoms with van der Waals surface area (Å²) in [6.45, 7) is 4.97. The molecule has 2 aromatic rings. The lowest BCUT2D eigenvalue weighted by Crippen LogP contribution is -2.45. The number of aromatic nitrogens is 1. The molecule has 1 aromatic heterocycles. The van der Waals surface area contributed by atoms with Crippen molar-refractivity contribution in [3.63, 3.8) is 0 Å². The Morgan fingerprint density at radius 3 is 2.88 bits per heavy atom. The van der Waals surface area contributed by atoms with Crippen LogP contribution < -0.4 is 9.64 Å². The molecule has 1 saturated heterocycles. The van der Waals surface area contributed by atoms with Crippen molar-refractivity contribution in [3.05, 3.63) is 18.2 Å². The van der Waals surface area contributed by atoms with Crippen LogP contribution in [0.4, 0.5) is 5.13 Å². The number of amides is 1. The molecule has 2 fully saturated rings. The molecular weight excluding hydrogens is 350 g/mol. The van der Waals surface area contributed by atoms with Gasteiger partial charge in [0.1, 0.15) is 5.75 Å². The van der Waals surface area contributed by atoms with Crippen molar-refractivity contribution in [1.82, 2.24) is 9.88 Å². The van der Waals surface area contributed by atoms with E-state index in [-0.39, 0.29) is 11.8 Å². The third kappa shape index (κ3) is 3.70. The zero-order chi connectivity index (χ0) is 17.9. The number of benzene rings is 1. The van der Waals surface area contributed by atoms with Crippen molar-refractivity contribution in [2.45, 2.75) is 19.3 Å². The smallest absolute Gasteiger partial charge is 0.231 e. The Bertz CT molecular complexity index is 768. The minimum Gasteiger partial charge on any atom is -0.497 e. The molecule has 0 radical (unpaired) electrons. The van der Waals surface area contributed by atoms with Gasteiger partial charge in [-0.3, -0.25) is 14.6 Å². The number of rotatable bonds is 6. The molecule has 6 nitrogen and oxygen atoms in total. The van der Waals surface area contributed by atoms with E-state index in [9.17, 15) is 4.79 Å². The number of nitrogens with zero attached hydrogens (tertiary/aromatic N) is 3. The molecular formula is C19H25N3O3S. The normalized spacial score (nSPS) is 18.7. The van der Waals surface area contributed by atoms with Gasteiger partial charge < -0.3 is 9.47 Å². The Labute approximate surface area is 157 Å². The second kappa shape index (κ2) is 7.90. The highest BCUT2D eigenvalue weighted by atomic mass is 32.1. The second-order valence-electron chi connectivity index (χ2n) is 6.90.